The minimum absolute atomic E-state index is 0.426. The molecule has 20 heavy (non-hydrogen) atoms. The predicted molar refractivity (Wildman–Crippen MR) is 75.1 cm³/mol. The monoisotopic (exact) mass is 276 g/mol. The van der Waals surface area contributed by atoms with Crippen LogP contribution in [-0.2, 0) is 16.1 Å². The summed E-state index contributed by atoms with van der Waals surface area (Å²) in [5.41, 5.74) is 1.67. The van der Waals surface area contributed by atoms with Crippen molar-refractivity contribution in [2.45, 2.75) is 13.5 Å². The molecule has 1 unspecified atom stereocenters. The van der Waals surface area contributed by atoms with Gasteiger partial charge in [-0.05, 0) is 17.7 Å². The quantitative estimate of drug-likeness (QED) is 0.782. The van der Waals surface area contributed by atoms with E-state index in [0.717, 1.165) is 5.56 Å². The molecule has 1 aromatic carbocycles. The molecule has 0 saturated carbocycles. The maximum absolute atomic E-state index is 11.0. The zero-order valence-corrected chi connectivity index (χ0v) is 11.9. The van der Waals surface area contributed by atoms with E-state index in [1.165, 1.54) is 0 Å². The standard InChI is InChI=1S/C15H20N2O3/c1-12(15(18)19)10-17(7-8-20-2)11-14-5-3-13(9-16)4-6-14/h3-6,12H,7-8,10-11H2,1-2H3,(H,18,19). The fraction of sp³-hybridized carbons (Fsp3) is 0.467. The number of benzene rings is 1. The molecule has 1 atom stereocenters. The summed E-state index contributed by atoms with van der Waals surface area (Å²) in [7, 11) is 1.63. The van der Waals surface area contributed by atoms with Gasteiger partial charge in [0.15, 0.2) is 0 Å². The molecule has 1 N–H and O–H groups in total. The molecule has 0 spiro atoms. The van der Waals surface area contributed by atoms with Crippen LogP contribution in [0.4, 0.5) is 0 Å². The summed E-state index contributed by atoms with van der Waals surface area (Å²) in [6.45, 7) is 4.04. The highest BCUT2D eigenvalue weighted by atomic mass is 16.5. The molecule has 5 heteroatoms. The van der Waals surface area contributed by atoms with Gasteiger partial charge < -0.3 is 9.84 Å². The first-order chi connectivity index (χ1) is 9.56. The lowest BCUT2D eigenvalue weighted by molar-refractivity contribution is -0.141. The van der Waals surface area contributed by atoms with Crippen molar-refractivity contribution in [1.82, 2.24) is 4.90 Å². The zero-order valence-electron chi connectivity index (χ0n) is 11.9. The second-order valence-corrected chi connectivity index (χ2v) is 4.78. The Morgan fingerprint density at radius 2 is 2.10 bits per heavy atom. The summed E-state index contributed by atoms with van der Waals surface area (Å²) in [6.07, 6.45) is 0. The van der Waals surface area contributed by atoms with Gasteiger partial charge in [-0.15, -0.1) is 0 Å². The normalized spacial score (nSPS) is 12.1. The molecule has 0 aliphatic rings. The molecule has 0 aliphatic carbocycles. The fourth-order valence-electron chi connectivity index (χ4n) is 1.86. The Balaban J connectivity index is 2.67. The lowest BCUT2D eigenvalue weighted by Gasteiger charge is -2.24. The van der Waals surface area contributed by atoms with Crippen LogP contribution in [0.5, 0.6) is 0 Å². The van der Waals surface area contributed by atoms with Gasteiger partial charge in [-0.2, -0.15) is 5.26 Å². The number of methoxy groups -OCH3 is 1. The van der Waals surface area contributed by atoms with Crippen LogP contribution < -0.4 is 0 Å². The van der Waals surface area contributed by atoms with E-state index in [9.17, 15) is 4.79 Å². The number of carbonyl (C=O) groups is 1. The fourth-order valence-corrected chi connectivity index (χ4v) is 1.86. The Morgan fingerprint density at radius 3 is 2.60 bits per heavy atom. The van der Waals surface area contributed by atoms with Crippen molar-refractivity contribution < 1.29 is 14.6 Å². The molecule has 0 aliphatic heterocycles. The molecule has 0 radical (unpaired) electrons. The molecule has 0 saturated heterocycles. The number of aliphatic carboxylic acids is 1. The van der Waals surface area contributed by atoms with Gasteiger partial charge in [0.05, 0.1) is 24.2 Å². The summed E-state index contributed by atoms with van der Waals surface area (Å²) in [4.78, 5) is 13.0. The maximum Gasteiger partial charge on any atom is 0.307 e. The van der Waals surface area contributed by atoms with Crippen LogP contribution in [0.3, 0.4) is 0 Å². The first kappa shape index (κ1) is 16.2. The van der Waals surface area contributed by atoms with E-state index in [4.69, 9.17) is 15.1 Å². The summed E-state index contributed by atoms with van der Waals surface area (Å²) >= 11 is 0. The molecule has 1 aromatic rings. The molecule has 0 aromatic heterocycles. The van der Waals surface area contributed by atoms with Gasteiger partial charge in [0.25, 0.3) is 0 Å². The van der Waals surface area contributed by atoms with Gasteiger partial charge in [0, 0.05) is 26.7 Å². The Kier molecular flexibility index (Phi) is 6.71. The van der Waals surface area contributed by atoms with E-state index < -0.39 is 11.9 Å². The molecular formula is C15H20N2O3. The van der Waals surface area contributed by atoms with Gasteiger partial charge in [-0.3, -0.25) is 9.69 Å². The molecule has 1 rings (SSSR count). The topological polar surface area (TPSA) is 73.6 Å². The van der Waals surface area contributed by atoms with Crippen molar-refractivity contribution in [2.75, 3.05) is 26.8 Å². The van der Waals surface area contributed by atoms with Crippen LogP contribution >= 0.6 is 0 Å². The Morgan fingerprint density at radius 1 is 1.45 bits per heavy atom. The molecule has 0 fully saturated rings. The SMILES string of the molecule is COCCN(Cc1ccc(C#N)cc1)CC(C)C(=O)O. The largest absolute Gasteiger partial charge is 0.481 e. The van der Waals surface area contributed by atoms with Crippen molar-refractivity contribution in [1.29, 1.82) is 5.26 Å². The van der Waals surface area contributed by atoms with Crippen LogP contribution in [-0.4, -0.2) is 42.8 Å². The van der Waals surface area contributed by atoms with Crippen molar-refractivity contribution in [3.05, 3.63) is 35.4 Å². The number of carboxylic acid groups (broad SMARTS) is 1. The first-order valence-electron chi connectivity index (χ1n) is 6.50. The van der Waals surface area contributed by atoms with Crippen LogP contribution in [0.2, 0.25) is 0 Å². The van der Waals surface area contributed by atoms with E-state index in [-0.39, 0.29) is 0 Å². The molecule has 5 nitrogen and oxygen atoms in total. The van der Waals surface area contributed by atoms with E-state index in [1.807, 2.05) is 17.0 Å². The highest BCUT2D eigenvalue weighted by Crippen LogP contribution is 2.09. The minimum atomic E-state index is -0.799. The number of hydrogen-bond acceptors (Lipinski definition) is 4. The third-order valence-electron chi connectivity index (χ3n) is 3.05. The average molecular weight is 276 g/mol. The number of carboxylic acids is 1. The van der Waals surface area contributed by atoms with Crippen molar-refractivity contribution >= 4 is 5.97 Å². The van der Waals surface area contributed by atoms with Gasteiger partial charge in [-0.25, -0.2) is 0 Å². The van der Waals surface area contributed by atoms with E-state index in [2.05, 4.69) is 6.07 Å². The number of ether oxygens (including phenoxy) is 1. The molecule has 0 bridgehead atoms. The number of nitrogens with zero attached hydrogens (tertiary/aromatic N) is 2. The lowest BCUT2D eigenvalue weighted by Crippen LogP contribution is -2.33. The lowest BCUT2D eigenvalue weighted by atomic mass is 10.1. The first-order valence-corrected chi connectivity index (χ1v) is 6.50. The second-order valence-electron chi connectivity index (χ2n) is 4.78. The van der Waals surface area contributed by atoms with E-state index >= 15 is 0 Å². The Hall–Kier alpha value is -1.90. The summed E-state index contributed by atoms with van der Waals surface area (Å²) in [5, 5.41) is 17.8. The van der Waals surface area contributed by atoms with Crippen LogP contribution in [0, 0.1) is 17.2 Å². The number of rotatable bonds is 8. The van der Waals surface area contributed by atoms with Gasteiger partial charge in [-0.1, -0.05) is 19.1 Å². The van der Waals surface area contributed by atoms with E-state index in [1.54, 1.807) is 26.2 Å². The molecule has 0 amide bonds. The number of hydrogen-bond donors (Lipinski definition) is 1. The van der Waals surface area contributed by atoms with Crippen LogP contribution in [0.1, 0.15) is 18.1 Å². The third-order valence-corrected chi connectivity index (χ3v) is 3.05. The van der Waals surface area contributed by atoms with Gasteiger partial charge in [0.2, 0.25) is 0 Å². The smallest absolute Gasteiger partial charge is 0.307 e. The van der Waals surface area contributed by atoms with Crippen LogP contribution in [0.15, 0.2) is 24.3 Å². The number of nitriles is 1. The van der Waals surface area contributed by atoms with E-state index in [0.29, 0.717) is 31.8 Å². The summed E-state index contributed by atoms with van der Waals surface area (Å²) in [5.74, 6) is -1.22. The Labute approximate surface area is 119 Å². The maximum atomic E-state index is 11.0. The van der Waals surface area contributed by atoms with Crippen LogP contribution in [0.25, 0.3) is 0 Å². The minimum Gasteiger partial charge on any atom is -0.481 e. The molecular weight excluding hydrogens is 256 g/mol. The second kappa shape index (κ2) is 8.31. The summed E-state index contributed by atoms with van der Waals surface area (Å²) < 4.78 is 5.06. The zero-order chi connectivity index (χ0) is 15.0. The summed E-state index contributed by atoms with van der Waals surface area (Å²) in [6, 6.07) is 9.40. The highest BCUT2D eigenvalue weighted by molar-refractivity contribution is 5.69. The average Bonchev–Trinajstić information content (AvgIpc) is 2.45. The predicted octanol–water partition coefficient (Wildman–Crippen LogP) is 1.73. The highest BCUT2D eigenvalue weighted by Gasteiger charge is 2.16. The van der Waals surface area contributed by atoms with Crippen molar-refractivity contribution in [3.8, 4) is 6.07 Å². The van der Waals surface area contributed by atoms with Gasteiger partial charge >= 0.3 is 5.97 Å². The van der Waals surface area contributed by atoms with Crippen molar-refractivity contribution in [3.63, 3.8) is 0 Å². The molecule has 108 valence electrons. The Bertz CT molecular complexity index is 465. The van der Waals surface area contributed by atoms with Gasteiger partial charge in [0.1, 0.15) is 0 Å². The molecule has 0 heterocycles. The third kappa shape index (κ3) is 5.39. The van der Waals surface area contributed by atoms with Crippen molar-refractivity contribution in [2.24, 2.45) is 5.92 Å².